The summed E-state index contributed by atoms with van der Waals surface area (Å²) in [6.45, 7) is 2.99. The highest BCUT2D eigenvalue weighted by atomic mass is 32.2. The van der Waals surface area contributed by atoms with E-state index in [-0.39, 0.29) is 16.6 Å². The number of alkyl halides is 3. The summed E-state index contributed by atoms with van der Waals surface area (Å²) in [5, 5.41) is 0. The maximum Gasteiger partial charge on any atom is 0.416 e. The van der Waals surface area contributed by atoms with E-state index in [0.29, 0.717) is 12.1 Å². The van der Waals surface area contributed by atoms with Crippen LogP contribution in [0, 0.1) is 6.92 Å². The topological polar surface area (TPSA) is 57.7 Å². The molecule has 0 bridgehead atoms. The molecule has 0 aliphatic carbocycles. The number of amides is 1. The van der Waals surface area contributed by atoms with E-state index >= 15 is 0 Å². The van der Waals surface area contributed by atoms with Crippen molar-refractivity contribution in [3.63, 3.8) is 0 Å². The van der Waals surface area contributed by atoms with E-state index in [4.69, 9.17) is 0 Å². The molecule has 4 rings (SSSR count). The number of carbonyl (C=O) groups excluding carboxylic acids is 1. The van der Waals surface area contributed by atoms with Crippen LogP contribution < -0.4 is 9.21 Å². The molecule has 1 amide bonds. The van der Waals surface area contributed by atoms with E-state index in [2.05, 4.69) is 0 Å². The van der Waals surface area contributed by atoms with Gasteiger partial charge in [0.2, 0.25) is 5.91 Å². The molecular formula is C25H23F3N2O3S. The molecule has 1 aliphatic heterocycles. The zero-order valence-electron chi connectivity index (χ0n) is 18.6. The van der Waals surface area contributed by atoms with Gasteiger partial charge in [-0.15, -0.1) is 0 Å². The van der Waals surface area contributed by atoms with Crippen LogP contribution in [0.15, 0.2) is 77.7 Å². The quantitative estimate of drug-likeness (QED) is 0.497. The number of halogens is 3. The van der Waals surface area contributed by atoms with Crippen LogP contribution in [0.4, 0.5) is 24.5 Å². The van der Waals surface area contributed by atoms with Crippen LogP contribution >= 0.6 is 0 Å². The Morgan fingerprint density at radius 3 is 2.38 bits per heavy atom. The number of benzene rings is 3. The zero-order valence-corrected chi connectivity index (χ0v) is 19.4. The van der Waals surface area contributed by atoms with E-state index in [1.807, 2.05) is 19.1 Å². The van der Waals surface area contributed by atoms with Gasteiger partial charge in [-0.05, 0) is 62.2 Å². The molecule has 3 aromatic rings. The van der Waals surface area contributed by atoms with Gasteiger partial charge < -0.3 is 4.90 Å². The fraction of sp³-hybridized carbons (Fsp3) is 0.240. The lowest BCUT2D eigenvalue weighted by molar-refractivity contribution is -0.137. The van der Waals surface area contributed by atoms with Crippen molar-refractivity contribution >= 4 is 27.3 Å². The van der Waals surface area contributed by atoms with E-state index in [9.17, 15) is 26.4 Å². The summed E-state index contributed by atoms with van der Waals surface area (Å²) in [5.41, 5.74) is 1.22. The highest BCUT2D eigenvalue weighted by Crippen LogP contribution is 2.35. The maximum atomic E-state index is 13.6. The van der Waals surface area contributed by atoms with Crippen molar-refractivity contribution in [3.8, 4) is 0 Å². The predicted molar refractivity (Wildman–Crippen MR) is 124 cm³/mol. The molecule has 34 heavy (non-hydrogen) atoms. The number of anilines is 2. The Morgan fingerprint density at radius 2 is 1.71 bits per heavy atom. The number of para-hydroxylation sites is 1. The number of sulfonamides is 1. The van der Waals surface area contributed by atoms with Gasteiger partial charge in [-0.3, -0.25) is 9.10 Å². The summed E-state index contributed by atoms with van der Waals surface area (Å²) < 4.78 is 68.0. The molecule has 0 fully saturated rings. The van der Waals surface area contributed by atoms with E-state index in [1.165, 1.54) is 23.1 Å². The molecule has 1 aliphatic rings. The first-order valence-electron chi connectivity index (χ1n) is 10.6. The van der Waals surface area contributed by atoms with Crippen molar-refractivity contribution in [2.75, 3.05) is 15.7 Å². The molecule has 3 aromatic carbocycles. The lowest BCUT2D eigenvalue weighted by Crippen LogP contribution is -2.45. The van der Waals surface area contributed by atoms with Crippen LogP contribution in [-0.2, 0) is 27.4 Å². The van der Waals surface area contributed by atoms with Crippen molar-refractivity contribution in [1.29, 1.82) is 0 Å². The second-order valence-electron chi connectivity index (χ2n) is 8.32. The van der Waals surface area contributed by atoms with Crippen LogP contribution in [0.5, 0.6) is 0 Å². The van der Waals surface area contributed by atoms with Gasteiger partial charge in [0.1, 0.15) is 6.54 Å². The highest BCUT2D eigenvalue weighted by Gasteiger charge is 2.36. The minimum Gasteiger partial charge on any atom is -0.307 e. The number of aryl methyl sites for hydroxylation is 1. The van der Waals surface area contributed by atoms with Crippen LogP contribution in [-0.4, -0.2) is 26.9 Å². The van der Waals surface area contributed by atoms with E-state index in [0.717, 1.165) is 33.6 Å². The number of fused-ring (bicyclic) bond motifs is 1. The fourth-order valence-electron chi connectivity index (χ4n) is 4.13. The fourth-order valence-corrected chi connectivity index (χ4v) is 5.54. The third kappa shape index (κ3) is 4.52. The molecule has 9 heteroatoms. The standard InChI is InChI=1S/C25H23F3N2O3S/c1-17-10-12-22(13-11-17)34(32,33)29(21-8-5-7-20(15-21)25(26,27)28)16-24(31)30-18(2)14-19-6-3-4-9-23(19)30/h3-13,15,18H,14,16H2,1-2H3/t18-/m1/s1. The SMILES string of the molecule is Cc1ccc(S(=O)(=O)N(CC(=O)N2c3ccccc3C[C@H]2C)c2cccc(C(F)(F)F)c2)cc1. The van der Waals surface area contributed by atoms with Gasteiger partial charge >= 0.3 is 6.18 Å². The molecule has 0 aromatic heterocycles. The third-order valence-corrected chi connectivity index (χ3v) is 7.61. The van der Waals surface area contributed by atoms with Gasteiger partial charge in [-0.25, -0.2) is 8.42 Å². The zero-order chi connectivity index (χ0) is 24.7. The largest absolute Gasteiger partial charge is 0.416 e. The van der Waals surface area contributed by atoms with Gasteiger partial charge in [0.15, 0.2) is 0 Å². The second kappa shape index (κ2) is 8.79. The van der Waals surface area contributed by atoms with Crippen molar-refractivity contribution in [2.45, 2.75) is 37.4 Å². The first kappa shape index (κ1) is 23.8. The Bertz CT molecular complexity index is 1320. The minimum absolute atomic E-state index is 0.113. The van der Waals surface area contributed by atoms with Crippen molar-refractivity contribution < 1.29 is 26.4 Å². The summed E-state index contributed by atoms with van der Waals surface area (Å²) in [6, 6.07) is 17.1. The summed E-state index contributed by atoms with van der Waals surface area (Å²) >= 11 is 0. The monoisotopic (exact) mass is 488 g/mol. The molecule has 1 heterocycles. The molecule has 0 N–H and O–H groups in total. The first-order chi connectivity index (χ1) is 16.0. The van der Waals surface area contributed by atoms with Crippen LogP contribution in [0.2, 0.25) is 0 Å². The Labute approximate surface area is 196 Å². The Kier molecular flexibility index (Phi) is 6.16. The van der Waals surface area contributed by atoms with Gasteiger partial charge in [0.05, 0.1) is 16.1 Å². The molecule has 0 saturated carbocycles. The molecule has 0 radical (unpaired) electrons. The molecule has 0 saturated heterocycles. The summed E-state index contributed by atoms with van der Waals surface area (Å²) in [6.07, 6.45) is -4.06. The first-order valence-corrected chi connectivity index (χ1v) is 12.1. The molecule has 0 unspecified atom stereocenters. The average Bonchev–Trinajstić information content (AvgIpc) is 3.12. The predicted octanol–water partition coefficient (Wildman–Crippen LogP) is 5.19. The number of rotatable bonds is 5. The normalized spacial score (nSPS) is 15.8. The van der Waals surface area contributed by atoms with Gasteiger partial charge in [-0.2, -0.15) is 13.2 Å². The molecule has 5 nitrogen and oxygen atoms in total. The van der Waals surface area contributed by atoms with Crippen molar-refractivity contribution in [1.82, 2.24) is 0 Å². The van der Waals surface area contributed by atoms with E-state index in [1.54, 1.807) is 31.2 Å². The van der Waals surface area contributed by atoms with Crippen molar-refractivity contribution in [3.05, 3.63) is 89.5 Å². The number of hydrogen-bond donors (Lipinski definition) is 0. The Hall–Kier alpha value is -3.33. The van der Waals surface area contributed by atoms with Crippen molar-refractivity contribution in [2.24, 2.45) is 0 Å². The summed E-state index contributed by atoms with van der Waals surface area (Å²) in [4.78, 5) is 14.8. The maximum absolute atomic E-state index is 13.6. The number of hydrogen-bond acceptors (Lipinski definition) is 3. The molecule has 178 valence electrons. The Balaban J connectivity index is 1.77. The van der Waals surface area contributed by atoms with Gasteiger partial charge in [-0.1, -0.05) is 42.0 Å². The van der Waals surface area contributed by atoms with Crippen LogP contribution in [0.25, 0.3) is 0 Å². The van der Waals surface area contributed by atoms with E-state index < -0.39 is 34.2 Å². The van der Waals surface area contributed by atoms with Gasteiger partial charge in [0, 0.05) is 11.7 Å². The lowest BCUT2D eigenvalue weighted by Gasteiger charge is -2.29. The molecule has 1 atom stereocenters. The van der Waals surface area contributed by atoms with Crippen LogP contribution in [0.1, 0.15) is 23.6 Å². The molecule has 0 spiro atoms. The van der Waals surface area contributed by atoms with Gasteiger partial charge in [0.25, 0.3) is 10.0 Å². The molecular weight excluding hydrogens is 465 g/mol. The average molecular weight is 489 g/mol. The Morgan fingerprint density at radius 1 is 1.03 bits per heavy atom. The third-order valence-electron chi connectivity index (χ3n) is 5.83. The lowest BCUT2D eigenvalue weighted by atomic mass is 10.1. The van der Waals surface area contributed by atoms with Crippen LogP contribution in [0.3, 0.4) is 0 Å². The minimum atomic E-state index is -4.66. The second-order valence-corrected chi connectivity index (χ2v) is 10.2. The number of nitrogens with zero attached hydrogens (tertiary/aromatic N) is 2. The summed E-state index contributed by atoms with van der Waals surface area (Å²) in [5.74, 6) is -0.523. The smallest absolute Gasteiger partial charge is 0.307 e. The summed E-state index contributed by atoms with van der Waals surface area (Å²) in [7, 11) is -4.33. The number of carbonyl (C=O) groups is 1. The highest BCUT2D eigenvalue weighted by molar-refractivity contribution is 7.92.